The smallest absolute Gasteiger partial charge is 0.427 e. The molecule has 104 valence electrons. The van der Waals surface area contributed by atoms with Gasteiger partial charge in [0.2, 0.25) is 0 Å². The van der Waals surface area contributed by atoms with E-state index in [4.69, 9.17) is 9.47 Å². The van der Waals surface area contributed by atoms with Gasteiger partial charge in [-0.05, 0) is 56.4 Å². The van der Waals surface area contributed by atoms with E-state index in [9.17, 15) is 4.79 Å². The summed E-state index contributed by atoms with van der Waals surface area (Å²) < 4.78 is 10.6. The van der Waals surface area contributed by atoms with Gasteiger partial charge in [-0.15, -0.1) is 0 Å². The Balaban J connectivity index is 1.96. The van der Waals surface area contributed by atoms with Crippen LogP contribution in [0.15, 0.2) is 23.3 Å². The van der Waals surface area contributed by atoms with E-state index < -0.39 is 6.16 Å². The predicted octanol–water partition coefficient (Wildman–Crippen LogP) is 3.99. The lowest BCUT2D eigenvalue weighted by atomic mass is 9.60. The first-order valence-electron chi connectivity index (χ1n) is 7.13. The minimum atomic E-state index is -0.506. The van der Waals surface area contributed by atoms with Crippen LogP contribution in [0.5, 0.6) is 0 Å². The molecule has 4 unspecified atom stereocenters. The summed E-state index contributed by atoms with van der Waals surface area (Å²) in [6.07, 6.45) is 3.57. The Morgan fingerprint density at radius 2 is 2.16 bits per heavy atom. The average molecular weight is 262 g/mol. The second-order valence-electron chi connectivity index (χ2n) is 6.66. The van der Waals surface area contributed by atoms with Gasteiger partial charge in [0.1, 0.15) is 6.10 Å². The number of hydrogen-bond acceptors (Lipinski definition) is 3. The Morgan fingerprint density at radius 1 is 1.42 bits per heavy atom. The van der Waals surface area contributed by atoms with Gasteiger partial charge in [0.15, 0.2) is 6.10 Å². The second kappa shape index (κ2) is 4.12. The minimum Gasteiger partial charge on any atom is -0.427 e. The van der Waals surface area contributed by atoms with Crippen LogP contribution in [0.25, 0.3) is 0 Å². The van der Waals surface area contributed by atoms with Gasteiger partial charge in [0.25, 0.3) is 0 Å². The highest BCUT2D eigenvalue weighted by Crippen LogP contribution is 2.54. The molecule has 1 aliphatic heterocycles. The molecule has 3 heteroatoms. The van der Waals surface area contributed by atoms with Crippen LogP contribution in [0, 0.1) is 11.3 Å². The van der Waals surface area contributed by atoms with Crippen molar-refractivity contribution in [2.45, 2.75) is 58.7 Å². The van der Waals surface area contributed by atoms with E-state index in [0.717, 1.165) is 19.3 Å². The summed E-state index contributed by atoms with van der Waals surface area (Å²) >= 11 is 0. The Morgan fingerprint density at radius 3 is 2.84 bits per heavy atom. The van der Waals surface area contributed by atoms with Crippen LogP contribution in [-0.2, 0) is 9.47 Å². The largest absolute Gasteiger partial charge is 0.509 e. The highest BCUT2D eigenvalue weighted by molar-refractivity contribution is 5.64. The van der Waals surface area contributed by atoms with Crippen molar-refractivity contribution in [1.82, 2.24) is 0 Å². The van der Waals surface area contributed by atoms with Crippen LogP contribution in [0.1, 0.15) is 46.5 Å². The molecule has 1 heterocycles. The van der Waals surface area contributed by atoms with Crippen molar-refractivity contribution in [3.8, 4) is 0 Å². The van der Waals surface area contributed by atoms with Gasteiger partial charge in [-0.25, -0.2) is 4.79 Å². The summed E-state index contributed by atoms with van der Waals surface area (Å²) in [5.74, 6) is 0.576. The van der Waals surface area contributed by atoms with E-state index in [1.54, 1.807) is 0 Å². The molecule has 3 rings (SSSR count). The molecule has 0 aromatic heterocycles. The van der Waals surface area contributed by atoms with Crippen LogP contribution >= 0.6 is 0 Å². The van der Waals surface area contributed by atoms with E-state index in [0.29, 0.717) is 5.92 Å². The molecule has 0 N–H and O–H groups in total. The van der Waals surface area contributed by atoms with E-state index in [1.165, 1.54) is 23.1 Å². The fraction of sp³-hybridized carbons (Fsp3) is 0.688. The zero-order valence-electron chi connectivity index (χ0n) is 12.0. The first-order chi connectivity index (χ1) is 8.90. The normalized spacial score (nSPS) is 41.2. The van der Waals surface area contributed by atoms with Gasteiger partial charge in [-0.1, -0.05) is 24.6 Å². The third-order valence-corrected chi connectivity index (χ3v) is 5.28. The van der Waals surface area contributed by atoms with Crippen molar-refractivity contribution in [1.29, 1.82) is 0 Å². The molecule has 0 aromatic rings. The SMILES string of the molecule is C=C(C)C1CCC2(C)CC3OC(=O)OC3C(C)=C2C1. The molecule has 0 aromatic carbocycles. The topological polar surface area (TPSA) is 35.5 Å². The fourth-order valence-electron chi connectivity index (χ4n) is 4.05. The number of hydrogen-bond donors (Lipinski definition) is 0. The highest BCUT2D eigenvalue weighted by Gasteiger charge is 2.50. The van der Waals surface area contributed by atoms with Crippen molar-refractivity contribution in [2.75, 3.05) is 0 Å². The van der Waals surface area contributed by atoms with Crippen molar-refractivity contribution < 1.29 is 14.3 Å². The zero-order valence-corrected chi connectivity index (χ0v) is 12.0. The van der Waals surface area contributed by atoms with E-state index in [1.807, 2.05) is 0 Å². The molecular weight excluding hydrogens is 240 g/mol. The monoisotopic (exact) mass is 262 g/mol. The molecule has 4 atom stereocenters. The molecular formula is C16H22O3. The van der Waals surface area contributed by atoms with Crippen LogP contribution in [0.4, 0.5) is 4.79 Å². The van der Waals surface area contributed by atoms with E-state index >= 15 is 0 Å². The van der Waals surface area contributed by atoms with Gasteiger partial charge >= 0.3 is 6.16 Å². The molecule has 2 aliphatic carbocycles. The lowest BCUT2D eigenvalue weighted by molar-refractivity contribution is 0.0817. The van der Waals surface area contributed by atoms with Gasteiger partial charge < -0.3 is 9.47 Å². The number of carbonyl (C=O) groups is 1. The molecule has 0 amide bonds. The Kier molecular flexibility index (Phi) is 2.77. The maximum atomic E-state index is 11.4. The number of fused-ring (bicyclic) bond motifs is 2. The van der Waals surface area contributed by atoms with Crippen LogP contribution in [0.3, 0.4) is 0 Å². The minimum absolute atomic E-state index is 0.0809. The quantitative estimate of drug-likeness (QED) is 0.529. The summed E-state index contributed by atoms with van der Waals surface area (Å²) in [5.41, 5.74) is 4.14. The first kappa shape index (κ1) is 12.8. The average Bonchev–Trinajstić information content (AvgIpc) is 2.68. The van der Waals surface area contributed by atoms with E-state index in [2.05, 4.69) is 27.4 Å². The summed E-state index contributed by atoms with van der Waals surface area (Å²) in [5, 5.41) is 0. The molecule has 0 bridgehead atoms. The number of rotatable bonds is 1. The lowest BCUT2D eigenvalue weighted by Gasteiger charge is -2.46. The molecule has 1 saturated carbocycles. The number of carbonyl (C=O) groups excluding carboxylic acids is 1. The molecule has 19 heavy (non-hydrogen) atoms. The number of allylic oxidation sites excluding steroid dienone is 2. The zero-order chi connectivity index (χ0) is 13.8. The number of ether oxygens (including phenoxy) is 2. The Labute approximate surface area is 114 Å². The third kappa shape index (κ3) is 1.90. The van der Waals surface area contributed by atoms with Gasteiger partial charge in [0, 0.05) is 0 Å². The summed E-state index contributed by atoms with van der Waals surface area (Å²) in [4.78, 5) is 11.4. The Bertz CT molecular complexity index is 476. The van der Waals surface area contributed by atoms with Crippen LogP contribution in [-0.4, -0.2) is 18.4 Å². The third-order valence-electron chi connectivity index (χ3n) is 5.28. The van der Waals surface area contributed by atoms with Crippen LogP contribution < -0.4 is 0 Å². The maximum absolute atomic E-state index is 11.4. The molecule has 1 saturated heterocycles. The van der Waals surface area contributed by atoms with Gasteiger partial charge in [0.05, 0.1) is 0 Å². The molecule has 0 radical (unpaired) electrons. The fourth-order valence-corrected chi connectivity index (χ4v) is 4.05. The predicted molar refractivity (Wildman–Crippen MR) is 72.7 cm³/mol. The molecule has 2 fully saturated rings. The molecule has 3 nitrogen and oxygen atoms in total. The first-order valence-corrected chi connectivity index (χ1v) is 7.13. The maximum Gasteiger partial charge on any atom is 0.509 e. The summed E-state index contributed by atoms with van der Waals surface area (Å²) in [7, 11) is 0. The molecule has 3 aliphatic rings. The standard InChI is InChI=1S/C16H22O3/c1-9(2)11-5-6-16(4)8-13-14(19-15(17)18-13)10(3)12(16)7-11/h11,13-14H,1,5-8H2,2-4H3. The van der Waals surface area contributed by atoms with Crippen molar-refractivity contribution in [2.24, 2.45) is 11.3 Å². The second-order valence-corrected chi connectivity index (χ2v) is 6.66. The Hall–Kier alpha value is -1.25. The lowest BCUT2D eigenvalue weighted by Crippen LogP contribution is -2.41. The molecule has 0 spiro atoms. The van der Waals surface area contributed by atoms with Crippen molar-refractivity contribution >= 4 is 6.16 Å². The van der Waals surface area contributed by atoms with E-state index in [-0.39, 0.29) is 17.6 Å². The van der Waals surface area contributed by atoms with Crippen LogP contribution in [0.2, 0.25) is 0 Å². The van der Waals surface area contributed by atoms with Crippen molar-refractivity contribution in [3.63, 3.8) is 0 Å². The van der Waals surface area contributed by atoms with Gasteiger partial charge in [-0.2, -0.15) is 0 Å². The van der Waals surface area contributed by atoms with Gasteiger partial charge in [-0.3, -0.25) is 0 Å². The summed E-state index contributed by atoms with van der Waals surface area (Å²) in [6, 6.07) is 0. The summed E-state index contributed by atoms with van der Waals surface area (Å²) in [6.45, 7) is 10.6. The highest BCUT2D eigenvalue weighted by atomic mass is 16.8. The van der Waals surface area contributed by atoms with Crippen molar-refractivity contribution in [3.05, 3.63) is 23.3 Å².